The highest BCUT2D eigenvalue weighted by atomic mass is 79.9. The van der Waals surface area contributed by atoms with Gasteiger partial charge >= 0.3 is 5.97 Å². The number of aromatic carboxylic acids is 1. The highest BCUT2D eigenvalue weighted by molar-refractivity contribution is 9.10. The fourth-order valence-electron chi connectivity index (χ4n) is 2.21. The molecule has 3 nitrogen and oxygen atoms in total. The Balaban J connectivity index is 2.21. The molecule has 0 radical (unpaired) electrons. The molecule has 0 unspecified atom stereocenters. The van der Waals surface area contributed by atoms with E-state index in [1.807, 2.05) is 32.2 Å². The quantitative estimate of drug-likeness (QED) is 0.915. The molecule has 104 valence electrons. The third-order valence-electron chi connectivity index (χ3n) is 3.16. The van der Waals surface area contributed by atoms with Crippen LogP contribution in [0.25, 0.3) is 0 Å². The topological polar surface area (TPSA) is 40.5 Å². The Kier molecular flexibility index (Phi) is 4.45. The SMILES string of the molecule is Cc1cc(C(=O)O)ccc1N(C)Cc1cccc(Br)c1. The molecule has 0 atom stereocenters. The van der Waals surface area contributed by atoms with Gasteiger partial charge in [-0.15, -0.1) is 0 Å². The van der Waals surface area contributed by atoms with Gasteiger partial charge in [0.05, 0.1) is 5.56 Å². The van der Waals surface area contributed by atoms with Crippen LogP contribution in [0.2, 0.25) is 0 Å². The Morgan fingerprint density at radius 1 is 1.25 bits per heavy atom. The number of nitrogens with zero attached hydrogens (tertiary/aromatic N) is 1. The van der Waals surface area contributed by atoms with E-state index in [0.717, 1.165) is 22.3 Å². The van der Waals surface area contributed by atoms with Crippen LogP contribution in [0.4, 0.5) is 5.69 Å². The highest BCUT2D eigenvalue weighted by Crippen LogP contribution is 2.22. The molecule has 0 amide bonds. The highest BCUT2D eigenvalue weighted by Gasteiger charge is 2.09. The molecule has 0 aliphatic rings. The zero-order chi connectivity index (χ0) is 14.7. The van der Waals surface area contributed by atoms with Crippen LogP contribution < -0.4 is 4.90 Å². The normalized spacial score (nSPS) is 10.3. The summed E-state index contributed by atoms with van der Waals surface area (Å²) in [5.41, 5.74) is 3.52. The first-order chi connectivity index (χ1) is 9.47. The number of aryl methyl sites for hydroxylation is 1. The lowest BCUT2D eigenvalue weighted by molar-refractivity contribution is 0.0697. The van der Waals surface area contributed by atoms with Gasteiger partial charge in [0, 0.05) is 23.8 Å². The average molecular weight is 334 g/mol. The van der Waals surface area contributed by atoms with Gasteiger partial charge in [-0.1, -0.05) is 28.1 Å². The van der Waals surface area contributed by atoms with Crippen molar-refractivity contribution in [2.75, 3.05) is 11.9 Å². The Bertz CT molecular complexity index is 640. The lowest BCUT2D eigenvalue weighted by Crippen LogP contribution is -2.17. The maximum Gasteiger partial charge on any atom is 0.335 e. The minimum Gasteiger partial charge on any atom is -0.478 e. The third kappa shape index (κ3) is 3.39. The van der Waals surface area contributed by atoms with Crippen LogP contribution in [0.15, 0.2) is 46.9 Å². The van der Waals surface area contributed by atoms with Crippen molar-refractivity contribution in [1.29, 1.82) is 0 Å². The molecule has 0 bridgehead atoms. The molecule has 2 aromatic carbocycles. The number of benzene rings is 2. The van der Waals surface area contributed by atoms with E-state index in [1.165, 1.54) is 5.56 Å². The third-order valence-corrected chi connectivity index (χ3v) is 3.66. The molecule has 1 N–H and O–H groups in total. The number of carboxylic acid groups (broad SMARTS) is 1. The number of rotatable bonds is 4. The zero-order valence-electron chi connectivity index (χ0n) is 11.4. The van der Waals surface area contributed by atoms with Crippen LogP contribution in [-0.2, 0) is 6.54 Å². The molecule has 20 heavy (non-hydrogen) atoms. The monoisotopic (exact) mass is 333 g/mol. The molecule has 2 rings (SSSR count). The van der Waals surface area contributed by atoms with E-state index in [-0.39, 0.29) is 0 Å². The minimum atomic E-state index is -0.894. The summed E-state index contributed by atoms with van der Waals surface area (Å²) in [6.07, 6.45) is 0. The summed E-state index contributed by atoms with van der Waals surface area (Å²) in [7, 11) is 2.00. The van der Waals surface area contributed by atoms with Crippen LogP contribution >= 0.6 is 15.9 Å². The average Bonchev–Trinajstić information content (AvgIpc) is 2.38. The van der Waals surface area contributed by atoms with Gasteiger partial charge in [-0.25, -0.2) is 4.79 Å². The van der Waals surface area contributed by atoms with E-state index in [2.05, 4.69) is 33.0 Å². The van der Waals surface area contributed by atoms with E-state index in [1.54, 1.807) is 12.1 Å². The number of hydrogen-bond donors (Lipinski definition) is 1. The Morgan fingerprint density at radius 3 is 2.60 bits per heavy atom. The predicted molar refractivity (Wildman–Crippen MR) is 84.4 cm³/mol. The van der Waals surface area contributed by atoms with Gasteiger partial charge in [-0.2, -0.15) is 0 Å². The molecule has 0 fully saturated rings. The maximum atomic E-state index is 10.9. The zero-order valence-corrected chi connectivity index (χ0v) is 13.0. The van der Waals surface area contributed by atoms with E-state index in [4.69, 9.17) is 5.11 Å². The Morgan fingerprint density at radius 2 is 2.00 bits per heavy atom. The summed E-state index contributed by atoms with van der Waals surface area (Å²) < 4.78 is 1.06. The van der Waals surface area contributed by atoms with E-state index >= 15 is 0 Å². The summed E-state index contributed by atoms with van der Waals surface area (Å²) in [5.74, 6) is -0.894. The van der Waals surface area contributed by atoms with Crippen LogP contribution in [-0.4, -0.2) is 18.1 Å². The van der Waals surface area contributed by atoms with Crippen molar-refractivity contribution < 1.29 is 9.90 Å². The predicted octanol–water partition coefficient (Wildman–Crippen LogP) is 4.09. The van der Waals surface area contributed by atoms with Crippen LogP contribution in [0.1, 0.15) is 21.5 Å². The summed E-state index contributed by atoms with van der Waals surface area (Å²) in [5, 5.41) is 8.99. The lowest BCUT2D eigenvalue weighted by atomic mass is 10.1. The summed E-state index contributed by atoms with van der Waals surface area (Å²) in [6.45, 7) is 2.70. The summed E-state index contributed by atoms with van der Waals surface area (Å²) in [4.78, 5) is 13.1. The van der Waals surface area contributed by atoms with E-state index < -0.39 is 5.97 Å². The number of anilines is 1. The molecule has 0 aromatic heterocycles. The minimum absolute atomic E-state index is 0.321. The largest absolute Gasteiger partial charge is 0.478 e. The number of carbonyl (C=O) groups is 1. The van der Waals surface area contributed by atoms with Gasteiger partial charge in [-0.05, 0) is 48.4 Å². The standard InChI is InChI=1S/C16H16BrNO2/c1-11-8-13(16(19)20)6-7-15(11)18(2)10-12-4-3-5-14(17)9-12/h3-9H,10H2,1-2H3,(H,19,20). The van der Waals surface area contributed by atoms with Crippen LogP contribution in [0, 0.1) is 6.92 Å². The van der Waals surface area contributed by atoms with Gasteiger partial charge in [0.15, 0.2) is 0 Å². The van der Waals surface area contributed by atoms with Crippen molar-refractivity contribution in [3.05, 3.63) is 63.6 Å². The first-order valence-electron chi connectivity index (χ1n) is 6.27. The van der Waals surface area contributed by atoms with Crippen molar-refractivity contribution in [1.82, 2.24) is 0 Å². The smallest absolute Gasteiger partial charge is 0.335 e. The molecular formula is C16H16BrNO2. The first kappa shape index (κ1) is 14.6. The van der Waals surface area contributed by atoms with E-state index in [0.29, 0.717) is 5.56 Å². The van der Waals surface area contributed by atoms with Gasteiger partial charge < -0.3 is 10.0 Å². The first-order valence-corrected chi connectivity index (χ1v) is 7.06. The van der Waals surface area contributed by atoms with Gasteiger partial charge in [0.1, 0.15) is 0 Å². The second-order valence-corrected chi connectivity index (χ2v) is 5.71. The number of halogens is 1. The molecule has 2 aromatic rings. The number of carboxylic acids is 1. The van der Waals surface area contributed by atoms with Gasteiger partial charge in [0.2, 0.25) is 0 Å². The molecule has 0 spiro atoms. The van der Waals surface area contributed by atoms with Crippen molar-refractivity contribution in [3.63, 3.8) is 0 Å². The number of hydrogen-bond acceptors (Lipinski definition) is 2. The Hall–Kier alpha value is -1.81. The summed E-state index contributed by atoms with van der Waals surface area (Å²) in [6, 6.07) is 13.4. The fourth-order valence-corrected chi connectivity index (χ4v) is 2.66. The van der Waals surface area contributed by atoms with Crippen molar-refractivity contribution in [2.24, 2.45) is 0 Å². The van der Waals surface area contributed by atoms with Crippen molar-refractivity contribution >= 4 is 27.6 Å². The summed E-state index contributed by atoms with van der Waals surface area (Å²) >= 11 is 3.46. The van der Waals surface area contributed by atoms with Gasteiger partial charge in [0.25, 0.3) is 0 Å². The maximum absolute atomic E-state index is 10.9. The molecule has 0 saturated heterocycles. The van der Waals surface area contributed by atoms with Crippen molar-refractivity contribution in [3.8, 4) is 0 Å². The molecule has 0 heterocycles. The lowest BCUT2D eigenvalue weighted by Gasteiger charge is -2.22. The molecule has 4 heteroatoms. The second-order valence-electron chi connectivity index (χ2n) is 4.79. The van der Waals surface area contributed by atoms with Crippen molar-refractivity contribution in [2.45, 2.75) is 13.5 Å². The fraction of sp³-hybridized carbons (Fsp3) is 0.188. The van der Waals surface area contributed by atoms with E-state index in [9.17, 15) is 4.79 Å². The second kappa shape index (κ2) is 6.09. The van der Waals surface area contributed by atoms with Crippen LogP contribution in [0.3, 0.4) is 0 Å². The van der Waals surface area contributed by atoms with Crippen LogP contribution in [0.5, 0.6) is 0 Å². The molecule has 0 saturated carbocycles. The molecule has 0 aliphatic carbocycles. The van der Waals surface area contributed by atoms with Gasteiger partial charge in [-0.3, -0.25) is 0 Å². The molecule has 0 aliphatic heterocycles. The Labute approximate surface area is 127 Å². The molecular weight excluding hydrogens is 318 g/mol.